The smallest absolute Gasteiger partial charge is 0.319 e. The van der Waals surface area contributed by atoms with Gasteiger partial charge in [0, 0.05) is 25.2 Å². The van der Waals surface area contributed by atoms with Crippen LogP contribution in [0.15, 0.2) is 29.2 Å². The fourth-order valence-electron chi connectivity index (χ4n) is 2.46. The average Bonchev–Trinajstić information content (AvgIpc) is 2.78. The van der Waals surface area contributed by atoms with Gasteiger partial charge in [-0.25, -0.2) is 18.4 Å². The maximum Gasteiger partial charge on any atom is 0.319 e. The van der Waals surface area contributed by atoms with E-state index < -0.39 is 16.1 Å². The molecule has 9 heteroatoms. The van der Waals surface area contributed by atoms with Crippen LogP contribution in [0.2, 0.25) is 0 Å². The first kappa shape index (κ1) is 17.2. The fraction of sp³-hybridized carbons (Fsp3) is 0.429. The number of hydrogen-bond acceptors (Lipinski definition) is 4. The lowest BCUT2D eigenvalue weighted by Gasteiger charge is -2.16. The first-order valence-electron chi connectivity index (χ1n) is 7.27. The number of anilines is 1. The fourth-order valence-corrected chi connectivity index (χ4v) is 3.02. The molecule has 0 radical (unpaired) electrons. The molecule has 1 aliphatic heterocycles. The van der Waals surface area contributed by atoms with Crippen LogP contribution in [0.5, 0.6) is 0 Å². The van der Waals surface area contributed by atoms with Crippen LogP contribution in [0.4, 0.5) is 10.5 Å². The number of sulfonamides is 1. The molecule has 3 amide bonds. The lowest BCUT2D eigenvalue weighted by molar-refractivity contribution is -0.127. The van der Waals surface area contributed by atoms with Gasteiger partial charge in [-0.3, -0.25) is 4.79 Å². The van der Waals surface area contributed by atoms with Gasteiger partial charge in [-0.15, -0.1) is 0 Å². The van der Waals surface area contributed by atoms with E-state index in [-0.39, 0.29) is 23.3 Å². The van der Waals surface area contributed by atoms with Crippen LogP contribution in [-0.4, -0.2) is 44.4 Å². The SMILES string of the molecule is CCCN1C[C@@H](NC(=O)Nc2cccc(S(N)(=O)=O)c2)CC1=O. The van der Waals surface area contributed by atoms with E-state index in [2.05, 4.69) is 10.6 Å². The number of likely N-dealkylation sites (tertiary alicyclic amines) is 1. The third kappa shape index (κ3) is 4.67. The second-order valence-electron chi connectivity index (χ2n) is 5.41. The summed E-state index contributed by atoms with van der Waals surface area (Å²) in [6.07, 6.45) is 1.13. The molecule has 0 aromatic heterocycles. The lowest BCUT2D eigenvalue weighted by Crippen LogP contribution is -2.39. The average molecular weight is 340 g/mol. The number of hydrogen-bond donors (Lipinski definition) is 3. The van der Waals surface area contributed by atoms with Crippen molar-refractivity contribution in [3.63, 3.8) is 0 Å². The molecular weight excluding hydrogens is 320 g/mol. The molecule has 1 aliphatic rings. The number of primary sulfonamides is 1. The summed E-state index contributed by atoms with van der Waals surface area (Å²) in [5, 5.41) is 10.3. The van der Waals surface area contributed by atoms with Gasteiger partial charge in [0.15, 0.2) is 0 Å². The Balaban J connectivity index is 1.94. The molecule has 8 nitrogen and oxygen atoms in total. The molecule has 1 fully saturated rings. The van der Waals surface area contributed by atoms with Crippen molar-refractivity contribution in [2.75, 3.05) is 18.4 Å². The normalized spacial score (nSPS) is 18.1. The maximum atomic E-state index is 12.0. The molecule has 0 bridgehead atoms. The lowest BCUT2D eigenvalue weighted by atomic mass is 10.2. The minimum absolute atomic E-state index is 0.0216. The molecule has 1 saturated heterocycles. The summed E-state index contributed by atoms with van der Waals surface area (Å²) in [6.45, 7) is 3.14. The summed E-state index contributed by atoms with van der Waals surface area (Å²) in [5.74, 6) is 0.0216. The van der Waals surface area contributed by atoms with Crippen molar-refractivity contribution in [2.45, 2.75) is 30.7 Å². The number of carbonyl (C=O) groups is 2. The summed E-state index contributed by atoms with van der Waals surface area (Å²) in [4.78, 5) is 25.3. The van der Waals surface area contributed by atoms with Crippen molar-refractivity contribution in [3.8, 4) is 0 Å². The molecule has 0 saturated carbocycles. The van der Waals surface area contributed by atoms with Crippen LogP contribution >= 0.6 is 0 Å². The number of benzene rings is 1. The summed E-state index contributed by atoms with van der Waals surface area (Å²) in [5.41, 5.74) is 0.309. The number of nitrogens with one attached hydrogen (secondary N) is 2. The highest BCUT2D eigenvalue weighted by Crippen LogP contribution is 2.15. The largest absolute Gasteiger partial charge is 0.341 e. The number of urea groups is 1. The van der Waals surface area contributed by atoms with Gasteiger partial charge in [0.1, 0.15) is 0 Å². The molecule has 126 valence electrons. The zero-order chi connectivity index (χ0) is 17.0. The molecule has 0 unspecified atom stereocenters. The molecule has 1 heterocycles. The monoisotopic (exact) mass is 340 g/mol. The van der Waals surface area contributed by atoms with Gasteiger partial charge in [0.05, 0.1) is 10.9 Å². The van der Waals surface area contributed by atoms with Crippen molar-refractivity contribution in [3.05, 3.63) is 24.3 Å². The molecule has 1 atom stereocenters. The Labute approximate surface area is 135 Å². The molecule has 23 heavy (non-hydrogen) atoms. The Hall–Kier alpha value is -2.13. The molecule has 1 aromatic rings. The van der Waals surface area contributed by atoms with Gasteiger partial charge in [-0.05, 0) is 24.6 Å². The summed E-state index contributed by atoms with van der Waals surface area (Å²) < 4.78 is 22.6. The third-order valence-corrected chi connectivity index (χ3v) is 4.37. The van der Waals surface area contributed by atoms with Crippen LogP contribution < -0.4 is 15.8 Å². The van der Waals surface area contributed by atoms with Crippen LogP contribution in [0, 0.1) is 0 Å². The first-order valence-corrected chi connectivity index (χ1v) is 8.82. The second-order valence-corrected chi connectivity index (χ2v) is 6.97. The van der Waals surface area contributed by atoms with E-state index in [1.54, 1.807) is 11.0 Å². The van der Waals surface area contributed by atoms with Crippen molar-refractivity contribution >= 4 is 27.6 Å². The number of nitrogens with two attached hydrogens (primary N) is 1. The highest BCUT2D eigenvalue weighted by Gasteiger charge is 2.29. The number of nitrogens with zero attached hydrogens (tertiary/aromatic N) is 1. The minimum Gasteiger partial charge on any atom is -0.341 e. The van der Waals surface area contributed by atoms with E-state index in [9.17, 15) is 18.0 Å². The maximum absolute atomic E-state index is 12.0. The Morgan fingerprint density at radius 1 is 1.43 bits per heavy atom. The highest BCUT2D eigenvalue weighted by molar-refractivity contribution is 7.89. The molecule has 0 aliphatic carbocycles. The predicted octanol–water partition coefficient (Wildman–Crippen LogP) is 0.466. The van der Waals surface area contributed by atoms with E-state index in [1.165, 1.54) is 18.2 Å². The molecule has 0 spiro atoms. The highest BCUT2D eigenvalue weighted by atomic mass is 32.2. The zero-order valence-corrected chi connectivity index (χ0v) is 13.6. The minimum atomic E-state index is -3.83. The quantitative estimate of drug-likeness (QED) is 0.721. The van der Waals surface area contributed by atoms with Crippen LogP contribution in [0.1, 0.15) is 19.8 Å². The van der Waals surface area contributed by atoms with Gasteiger partial charge in [0.25, 0.3) is 0 Å². The van der Waals surface area contributed by atoms with E-state index in [4.69, 9.17) is 5.14 Å². The van der Waals surface area contributed by atoms with Crippen molar-refractivity contribution < 1.29 is 18.0 Å². The van der Waals surface area contributed by atoms with Gasteiger partial charge in [0.2, 0.25) is 15.9 Å². The Bertz CT molecular complexity index is 704. The Morgan fingerprint density at radius 2 is 2.17 bits per heavy atom. The second kappa shape index (κ2) is 6.97. The van der Waals surface area contributed by atoms with Gasteiger partial charge in [-0.2, -0.15) is 0 Å². The standard InChI is InChI=1S/C14H20N4O4S/c1-2-6-18-9-11(8-13(18)19)17-14(20)16-10-4-3-5-12(7-10)23(15,21)22/h3-5,7,11H,2,6,8-9H2,1H3,(H2,15,21,22)(H2,16,17,20)/t11-/m0/s1. The van der Waals surface area contributed by atoms with Crippen LogP contribution in [0.25, 0.3) is 0 Å². The molecule has 2 rings (SSSR count). The predicted molar refractivity (Wildman–Crippen MR) is 85.2 cm³/mol. The van der Waals surface area contributed by atoms with E-state index in [0.29, 0.717) is 18.8 Å². The van der Waals surface area contributed by atoms with Crippen LogP contribution in [0.3, 0.4) is 0 Å². The van der Waals surface area contributed by atoms with Crippen molar-refractivity contribution in [2.24, 2.45) is 5.14 Å². The summed E-state index contributed by atoms with van der Waals surface area (Å²) >= 11 is 0. The summed E-state index contributed by atoms with van der Waals surface area (Å²) in [6, 6.07) is 4.91. The number of amides is 3. The van der Waals surface area contributed by atoms with E-state index in [1.807, 2.05) is 6.92 Å². The van der Waals surface area contributed by atoms with Crippen LogP contribution in [-0.2, 0) is 14.8 Å². The summed E-state index contributed by atoms with van der Waals surface area (Å²) in [7, 11) is -3.83. The molecule has 1 aromatic carbocycles. The Kier molecular flexibility index (Phi) is 5.22. The number of rotatable bonds is 5. The topological polar surface area (TPSA) is 122 Å². The van der Waals surface area contributed by atoms with Gasteiger partial charge in [-0.1, -0.05) is 13.0 Å². The van der Waals surface area contributed by atoms with Crippen molar-refractivity contribution in [1.82, 2.24) is 10.2 Å². The van der Waals surface area contributed by atoms with E-state index in [0.717, 1.165) is 6.42 Å². The van der Waals surface area contributed by atoms with Gasteiger partial charge < -0.3 is 15.5 Å². The van der Waals surface area contributed by atoms with Crippen molar-refractivity contribution in [1.29, 1.82) is 0 Å². The number of carbonyl (C=O) groups excluding carboxylic acids is 2. The van der Waals surface area contributed by atoms with Gasteiger partial charge >= 0.3 is 6.03 Å². The molecule has 4 N–H and O–H groups in total. The Morgan fingerprint density at radius 3 is 2.83 bits per heavy atom. The first-order chi connectivity index (χ1) is 10.8. The molecular formula is C14H20N4O4S. The van der Waals surface area contributed by atoms with E-state index >= 15 is 0 Å². The third-order valence-electron chi connectivity index (χ3n) is 3.46. The zero-order valence-electron chi connectivity index (χ0n) is 12.8.